The minimum atomic E-state index is -0.897. The largest absolute Gasteiger partial charge is 0.493 e. The minimum absolute atomic E-state index is 0.0516. The molecule has 3 aromatic rings. The van der Waals surface area contributed by atoms with Crippen molar-refractivity contribution >= 4 is 17.2 Å². The maximum Gasteiger partial charge on any atom is 0.223 e. The normalized spacial score (nSPS) is 10.7. The number of nitrogens with zero attached hydrogens (tertiary/aromatic N) is 1. The van der Waals surface area contributed by atoms with Crippen LogP contribution in [0.4, 0.5) is 8.78 Å². The number of thiophene rings is 1. The van der Waals surface area contributed by atoms with Gasteiger partial charge in [0.2, 0.25) is 5.91 Å². The fourth-order valence-corrected chi connectivity index (χ4v) is 3.79. The molecule has 1 heterocycles. The smallest absolute Gasteiger partial charge is 0.223 e. The number of carbonyl (C=O) groups excluding carboxylic acids is 1. The van der Waals surface area contributed by atoms with Crippen LogP contribution in [-0.2, 0) is 24.4 Å². The number of benzene rings is 2. The number of methoxy groups -OCH3 is 1. The lowest BCUT2D eigenvalue weighted by atomic mass is 10.1. The fraction of sp³-hybridized carbons (Fsp3) is 0.292. The molecule has 0 aliphatic carbocycles. The van der Waals surface area contributed by atoms with Gasteiger partial charge in [0.15, 0.2) is 23.1 Å². The summed E-state index contributed by atoms with van der Waals surface area (Å²) in [6.07, 6.45) is 0.573. The van der Waals surface area contributed by atoms with Crippen molar-refractivity contribution in [3.63, 3.8) is 0 Å². The Morgan fingerprint density at radius 3 is 2.52 bits per heavy atom. The zero-order valence-corrected chi connectivity index (χ0v) is 18.4. The average molecular weight is 446 g/mol. The van der Waals surface area contributed by atoms with Gasteiger partial charge in [-0.25, -0.2) is 8.78 Å². The number of hydrogen-bond donors (Lipinski definition) is 0. The highest BCUT2D eigenvalue weighted by Crippen LogP contribution is 2.30. The highest BCUT2D eigenvalue weighted by Gasteiger charge is 2.15. The summed E-state index contributed by atoms with van der Waals surface area (Å²) in [7, 11) is 1.59. The van der Waals surface area contributed by atoms with Gasteiger partial charge >= 0.3 is 0 Å². The molecule has 1 aromatic heterocycles. The average Bonchev–Trinajstić information content (AvgIpc) is 3.30. The molecule has 7 heteroatoms. The van der Waals surface area contributed by atoms with Crippen LogP contribution in [-0.4, -0.2) is 24.5 Å². The van der Waals surface area contributed by atoms with Gasteiger partial charge in [0, 0.05) is 24.4 Å². The summed E-state index contributed by atoms with van der Waals surface area (Å²) in [6, 6.07) is 13.3. The molecule has 2 aromatic carbocycles. The van der Waals surface area contributed by atoms with E-state index in [1.807, 2.05) is 42.6 Å². The van der Waals surface area contributed by atoms with Gasteiger partial charge in [0.1, 0.15) is 6.61 Å². The lowest BCUT2D eigenvalue weighted by Crippen LogP contribution is -2.30. The topological polar surface area (TPSA) is 38.8 Å². The summed E-state index contributed by atoms with van der Waals surface area (Å²) >= 11 is 1.63. The Balaban J connectivity index is 1.60. The third kappa shape index (κ3) is 6.28. The number of ether oxygens (including phenoxy) is 2. The number of carbonyl (C=O) groups is 1. The number of amides is 1. The maximum atomic E-state index is 13.4. The van der Waals surface area contributed by atoms with Crippen molar-refractivity contribution in [2.24, 2.45) is 0 Å². The van der Waals surface area contributed by atoms with Crippen molar-refractivity contribution in [3.05, 3.63) is 81.5 Å². The summed E-state index contributed by atoms with van der Waals surface area (Å²) in [5, 5.41) is 2.00. The molecule has 0 fully saturated rings. The molecule has 0 saturated carbocycles. The van der Waals surface area contributed by atoms with E-state index in [1.165, 1.54) is 6.07 Å². The summed E-state index contributed by atoms with van der Waals surface area (Å²) in [5.41, 5.74) is 1.51. The maximum absolute atomic E-state index is 13.4. The molecule has 4 nitrogen and oxygen atoms in total. The van der Waals surface area contributed by atoms with Crippen molar-refractivity contribution in [2.75, 3.05) is 13.7 Å². The van der Waals surface area contributed by atoms with E-state index in [2.05, 4.69) is 0 Å². The van der Waals surface area contributed by atoms with Crippen LogP contribution in [0.5, 0.6) is 11.5 Å². The number of aryl methyl sites for hydroxylation is 1. The summed E-state index contributed by atoms with van der Waals surface area (Å²) in [4.78, 5) is 15.5. The molecule has 0 N–H and O–H groups in total. The first-order valence-electron chi connectivity index (χ1n) is 10.0. The van der Waals surface area contributed by atoms with E-state index in [4.69, 9.17) is 9.47 Å². The Bertz CT molecular complexity index is 1010. The highest BCUT2D eigenvalue weighted by molar-refractivity contribution is 7.09. The van der Waals surface area contributed by atoms with E-state index >= 15 is 0 Å². The molecule has 1 amide bonds. The van der Waals surface area contributed by atoms with E-state index in [1.54, 1.807) is 23.3 Å². The lowest BCUT2D eigenvalue weighted by Gasteiger charge is -2.22. The number of halogens is 2. The molecule has 3 rings (SSSR count). The highest BCUT2D eigenvalue weighted by atomic mass is 32.1. The van der Waals surface area contributed by atoms with Gasteiger partial charge in [0.05, 0.1) is 7.11 Å². The van der Waals surface area contributed by atoms with E-state index < -0.39 is 11.6 Å². The van der Waals surface area contributed by atoms with E-state index in [0.29, 0.717) is 43.2 Å². The zero-order valence-electron chi connectivity index (χ0n) is 17.6. The predicted octanol–water partition coefficient (Wildman–Crippen LogP) is 5.60. The second-order valence-electron chi connectivity index (χ2n) is 7.01. The molecule has 0 bridgehead atoms. The quantitative estimate of drug-likeness (QED) is 0.408. The van der Waals surface area contributed by atoms with Crippen molar-refractivity contribution < 1.29 is 23.0 Å². The summed E-state index contributed by atoms with van der Waals surface area (Å²) in [6.45, 7) is 3.34. The van der Waals surface area contributed by atoms with Crippen LogP contribution in [0, 0.1) is 11.6 Å². The van der Waals surface area contributed by atoms with Crippen molar-refractivity contribution in [1.82, 2.24) is 4.90 Å². The van der Waals surface area contributed by atoms with Gasteiger partial charge in [-0.05, 0) is 60.2 Å². The molecule has 0 saturated heterocycles. The number of hydrogen-bond acceptors (Lipinski definition) is 4. The standard InChI is InChI=1S/C24H25F2NO3S/c1-3-27(24(28)11-8-17-6-9-20(25)21(26)13-17)15-18-7-10-22(23(14-18)29-2)30-16-19-5-4-12-31-19/h4-7,9-10,12-14H,3,8,11,15-16H2,1-2H3. The summed E-state index contributed by atoms with van der Waals surface area (Å²) in [5.74, 6) is -0.580. The van der Waals surface area contributed by atoms with Crippen LogP contribution in [0.15, 0.2) is 53.9 Å². The molecule has 0 radical (unpaired) electrons. The van der Waals surface area contributed by atoms with E-state index in [0.717, 1.165) is 22.6 Å². The second-order valence-corrected chi connectivity index (χ2v) is 8.04. The monoisotopic (exact) mass is 445 g/mol. The third-order valence-corrected chi connectivity index (χ3v) is 5.75. The van der Waals surface area contributed by atoms with Crippen LogP contribution >= 0.6 is 11.3 Å². The van der Waals surface area contributed by atoms with Gasteiger partial charge in [-0.2, -0.15) is 0 Å². The second kappa shape index (κ2) is 10.9. The Morgan fingerprint density at radius 2 is 1.84 bits per heavy atom. The first kappa shape index (κ1) is 22.7. The molecule has 0 spiro atoms. The minimum Gasteiger partial charge on any atom is -0.493 e. The molecule has 0 aliphatic heterocycles. The SMILES string of the molecule is CCN(Cc1ccc(OCc2cccs2)c(OC)c1)C(=O)CCc1ccc(F)c(F)c1. The molecule has 0 unspecified atom stereocenters. The van der Waals surface area contributed by atoms with Crippen LogP contribution in [0.2, 0.25) is 0 Å². The van der Waals surface area contributed by atoms with Gasteiger partial charge < -0.3 is 14.4 Å². The van der Waals surface area contributed by atoms with E-state index in [-0.39, 0.29) is 12.3 Å². The Morgan fingerprint density at radius 1 is 1.03 bits per heavy atom. The molecule has 0 aliphatic rings. The Labute approximate surface area is 185 Å². The van der Waals surface area contributed by atoms with Crippen molar-refractivity contribution in [3.8, 4) is 11.5 Å². The molecule has 0 atom stereocenters. The zero-order chi connectivity index (χ0) is 22.2. The van der Waals surface area contributed by atoms with Crippen molar-refractivity contribution in [1.29, 1.82) is 0 Å². The Kier molecular flexibility index (Phi) is 8.00. The predicted molar refractivity (Wildman–Crippen MR) is 117 cm³/mol. The van der Waals surface area contributed by atoms with Gasteiger partial charge in [-0.3, -0.25) is 4.79 Å². The first-order valence-corrected chi connectivity index (χ1v) is 10.9. The van der Waals surface area contributed by atoms with Gasteiger partial charge in [0.25, 0.3) is 0 Å². The van der Waals surface area contributed by atoms with Crippen LogP contribution < -0.4 is 9.47 Å². The summed E-state index contributed by atoms with van der Waals surface area (Å²) < 4.78 is 37.8. The molecule has 164 valence electrons. The number of rotatable bonds is 10. The lowest BCUT2D eigenvalue weighted by molar-refractivity contribution is -0.131. The third-order valence-electron chi connectivity index (χ3n) is 4.90. The van der Waals surface area contributed by atoms with Gasteiger partial charge in [-0.1, -0.05) is 18.2 Å². The fourth-order valence-electron chi connectivity index (χ4n) is 3.17. The first-order chi connectivity index (χ1) is 15.0. The van der Waals surface area contributed by atoms with Gasteiger partial charge in [-0.15, -0.1) is 11.3 Å². The Hall–Kier alpha value is -2.93. The van der Waals surface area contributed by atoms with Crippen LogP contribution in [0.1, 0.15) is 29.3 Å². The molecular formula is C24H25F2NO3S. The van der Waals surface area contributed by atoms with Crippen molar-refractivity contribution in [2.45, 2.75) is 32.9 Å². The molecular weight excluding hydrogens is 420 g/mol. The van der Waals surface area contributed by atoms with Crippen LogP contribution in [0.25, 0.3) is 0 Å². The van der Waals surface area contributed by atoms with Crippen LogP contribution in [0.3, 0.4) is 0 Å². The molecule has 31 heavy (non-hydrogen) atoms. The van der Waals surface area contributed by atoms with E-state index in [9.17, 15) is 13.6 Å².